The number of hydrogen-bond donors (Lipinski definition) is 3. The fourth-order valence-electron chi connectivity index (χ4n) is 2.90. The number of carbonyl (C=O) groups is 1. The summed E-state index contributed by atoms with van der Waals surface area (Å²) in [5, 5.41) is 6.17. The van der Waals surface area contributed by atoms with Crippen LogP contribution in [0.2, 0.25) is 0 Å². The van der Waals surface area contributed by atoms with E-state index >= 15 is 0 Å². The summed E-state index contributed by atoms with van der Waals surface area (Å²) in [6.45, 7) is 8.67. The average Bonchev–Trinajstić information content (AvgIpc) is 2.46. The van der Waals surface area contributed by atoms with E-state index in [1.54, 1.807) is 12.1 Å². The number of likely N-dealkylation sites (tertiary alicyclic amines) is 1. The first-order valence-electron chi connectivity index (χ1n) is 8.55. The van der Waals surface area contributed by atoms with Crippen LogP contribution in [0.25, 0.3) is 0 Å². The van der Waals surface area contributed by atoms with Crippen LogP contribution in [0, 0.1) is 5.92 Å². The van der Waals surface area contributed by atoms with E-state index < -0.39 is 11.7 Å². The van der Waals surface area contributed by atoms with Crippen LogP contribution in [0.1, 0.15) is 33.6 Å². The van der Waals surface area contributed by atoms with E-state index in [0.717, 1.165) is 18.8 Å². The summed E-state index contributed by atoms with van der Waals surface area (Å²) in [4.78, 5) is 14.2. The molecule has 0 saturated carbocycles. The maximum atomic E-state index is 11.9. The molecule has 24 heavy (non-hydrogen) atoms. The van der Waals surface area contributed by atoms with Crippen LogP contribution >= 0.6 is 0 Å². The molecular formula is C18H30N4O2. The molecule has 1 atom stereocenters. The van der Waals surface area contributed by atoms with Gasteiger partial charge in [-0.15, -0.1) is 0 Å². The predicted octanol–water partition coefficient (Wildman–Crippen LogP) is 3.37. The Morgan fingerprint density at radius 2 is 2.17 bits per heavy atom. The second-order valence-corrected chi connectivity index (χ2v) is 7.58. The third-order valence-electron chi connectivity index (χ3n) is 4.00. The van der Waals surface area contributed by atoms with Crippen molar-refractivity contribution >= 4 is 23.2 Å². The summed E-state index contributed by atoms with van der Waals surface area (Å²) < 4.78 is 5.27. The Hall–Kier alpha value is -1.95. The topological polar surface area (TPSA) is 79.6 Å². The summed E-state index contributed by atoms with van der Waals surface area (Å²) >= 11 is 0. The van der Waals surface area contributed by atoms with Gasteiger partial charge in [0.15, 0.2) is 0 Å². The smallest absolute Gasteiger partial charge is 0.412 e. The molecule has 6 nitrogen and oxygen atoms in total. The minimum atomic E-state index is -0.522. The Bertz CT molecular complexity index is 569. The summed E-state index contributed by atoms with van der Waals surface area (Å²) in [5.74, 6) is 0.616. The van der Waals surface area contributed by atoms with Gasteiger partial charge in [-0.25, -0.2) is 4.79 Å². The molecule has 134 valence electrons. The van der Waals surface area contributed by atoms with E-state index in [-0.39, 0.29) is 0 Å². The van der Waals surface area contributed by atoms with Crippen LogP contribution in [0.15, 0.2) is 18.2 Å². The molecule has 0 bridgehead atoms. The fourth-order valence-corrected chi connectivity index (χ4v) is 2.90. The molecule has 2 rings (SSSR count). The van der Waals surface area contributed by atoms with Crippen molar-refractivity contribution in [3.63, 3.8) is 0 Å². The van der Waals surface area contributed by atoms with Crippen LogP contribution in [-0.4, -0.2) is 43.3 Å². The normalized spacial score (nSPS) is 18.9. The molecule has 1 saturated heterocycles. The molecule has 1 heterocycles. The second-order valence-electron chi connectivity index (χ2n) is 7.58. The Morgan fingerprint density at radius 1 is 1.42 bits per heavy atom. The van der Waals surface area contributed by atoms with Crippen LogP contribution in [0.3, 0.4) is 0 Å². The number of anilines is 3. The van der Waals surface area contributed by atoms with E-state index in [0.29, 0.717) is 17.3 Å². The zero-order valence-electron chi connectivity index (χ0n) is 15.2. The lowest BCUT2D eigenvalue weighted by Gasteiger charge is -2.30. The summed E-state index contributed by atoms with van der Waals surface area (Å²) in [6, 6.07) is 5.42. The molecule has 4 N–H and O–H groups in total. The number of piperidine rings is 1. The Kier molecular flexibility index (Phi) is 5.94. The van der Waals surface area contributed by atoms with Gasteiger partial charge in [0.05, 0.1) is 11.4 Å². The quantitative estimate of drug-likeness (QED) is 0.736. The molecular weight excluding hydrogens is 304 g/mol. The minimum Gasteiger partial charge on any atom is -0.444 e. The van der Waals surface area contributed by atoms with Crippen molar-refractivity contribution in [2.75, 3.05) is 43.0 Å². The average molecular weight is 334 g/mol. The number of hydrogen-bond acceptors (Lipinski definition) is 5. The molecule has 1 aromatic rings. The molecule has 1 amide bonds. The minimum absolute atomic E-state index is 0.466. The third kappa shape index (κ3) is 5.92. The molecule has 1 fully saturated rings. The molecule has 1 aliphatic heterocycles. The van der Waals surface area contributed by atoms with Crippen molar-refractivity contribution < 1.29 is 9.53 Å². The maximum Gasteiger partial charge on any atom is 0.412 e. The first kappa shape index (κ1) is 18.4. The number of rotatable bonds is 4. The maximum absolute atomic E-state index is 11.9. The van der Waals surface area contributed by atoms with Crippen molar-refractivity contribution in [1.29, 1.82) is 0 Å². The summed E-state index contributed by atoms with van der Waals surface area (Å²) in [7, 11) is 2.16. The van der Waals surface area contributed by atoms with Gasteiger partial charge in [-0.3, -0.25) is 5.32 Å². The van der Waals surface area contributed by atoms with Gasteiger partial charge in [0.25, 0.3) is 0 Å². The van der Waals surface area contributed by atoms with Gasteiger partial charge >= 0.3 is 6.09 Å². The van der Waals surface area contributed by atoms with Crippen molar-refractivity contribution in [1.82, 2.24) is 4.90 Å². The number of amides is 1. The van der Waals surface area contributed by atoms with Gasteiger partial charge in [0.1, 0.15) is 5.60 Å². The largest absolute Gasteiger partial charge is 0.444 e. The number of nitrogens with zero attached hydrogens (tertiary/aromatic N) is 1. The number of nitrogens with two attached hydrogens (primary N) is 1. The van der Waals surface area contributed by atoms with Gasteiger partial charge < -0.3 is 20.7 Å². The molecule has 0 aliphatic carbocycles. The highest BCUT2D eigenvalue weighted by atomic mass is 16.6. The van der Waals surface area contributed by atoms with Crippen LogP contribution in [0.4, 0.5) is 21.9 Å². The number of nitrogens with one attached hydrogen (secondary N) is 2. The van der Waals surface area contributed by atoms with Gasteiger partial charge in [0.2, 0.25) is 0 Å². The highest BCUT2D eigenvalue weighted by molar-refractivity contribution is 5.87. The summed E-state index contributed by atoms with van der Waals surface area (Å²) in [5.41, 5.74) is 7.71. The zero-order valence-corrected chi connectivity index (χ0v) is 15.2. The zero-order chi connectivity index (χ0) is 17.7. The van der Waals surface area contributed by atoms with Crippen molar-refractivity contribution in [2.24, 2.45) is 5.92 Å². The van der Waals surface area contributed by atoms with E-state index in [1.165, 1.54) is 19.4 Å². The van der Waals surface area contributed by atoms with Crippen LogP contribution in [0.5, 0.6) is 0 Å². The van der Waals surface area contributed by atoms with Crippen LogP contribution < -0.4 is 16.4 Å². The van der Waals surface area contributed by atoms with Crippen molar-refractivity contribution in [3.05, 3.63) is 18.2 Å². The number of carbonyl (C=O) groups excluding carboxylic acids is 1. The molecule has 6 heteroatoms. The Morgan fingerprint density at radius 3 is 2.83 bits per heavy atom. The molecule has 0 aromatic heterocycles. The van der Waals surface area contributed by atoms with Gasteiger partial charge in [0, 0.05) is 18.8 Å². The molecule has 0 spiro atoms. The first-order valence-corrected chi connectivity index (χ1v) is 8.55. The Balaban J connectivity index is 1.94. The molecule has 1 unspecified atom stereocenters. The number of benzene rings is 1. The summed E-state index contributed by atoms with van der Waals surface area (Å²) in [6.07, 6.45) is 2.00. The fraction of sp³-hybridized carbons (Fsp3) is 0.611. The Labute approximate surface area is 144 Å². The molecule has 1 aromatic carbocycles. The molecule has 1 aliphatic rings. The van der Waals surface area contributed by atoms with Gasteiger partial charge in [-0.2, -0.15) is 0 Å². The number of ether oxygens (including phenoxy) is 1. The van der Waals surface area contributed by atoms with Crippen LogP contribution in [-0.2, 0) is 4.74 Å². The standard InChI is InChI=1S/C18H30N4O2/c1-18(2,3)24-17(23)21-14-7-8-15(19)16(10-14)20-11-13-6-5-9-22(4)12-13/h7-8,10,13,20H,5-6,9,11-12,19H2,1-4H3,(H,21,23). The van der Waals surface area contributed by atoms with Gasteiger partial charge in [-0.1, -0.05) is 0 Å². The van der Waals surface area contributed by atoms with Crippen molar-refractivity contribution in [2.45, 2.75) is 39.2 Å². The first-order chi connectivity index (χ1) is 11.2. The highest BCUT2D eigenvalue weighted by Gasteiger charge is 2.18. The monoisotopic (exact) mass is 334 g/mol. The van der Waals surface area contributed by atoms with E-state index in [9.17, 15) is 4.79 Å². The second kappa shape index (κ2) is 7.75. The lowest BCUT2D eigenvalue weighted by Crippen LogP contribution is -2.35. The number of nitrogen functional groups attached to an aromatic ring is 1. The van der Waals surface area contributed by atoms with E-state index in [4.69, 9.17) is 10.5 Å². The van der Waals surface area contributed by atoms with Crippen molar-refractivity contribution in [3.8, 4) is 0 Å². The van der Waals surface area contributed by atoms with E-state index in [1.807, 2.05) is 26.8 Å². The predicted molar refractivity (Wildman–Crippen MR) is 99.4 cm³/mol. The lowest BCUT2D eigenvalue weighted by molar-refractivity contribution is 0.0636. The third-order valence-corrected chi connectivity index (χ3v) is 4.00. The SMILES string of the molecule is CN1CCCC(CNc2cc(NC(=O)OC(C)(C)C)ccc2N)C1. The molecule has 0 radical (unpaired) electrons. The van der Waals surface area contributed by atoms with Gasteiger partial charge in [-0.05, 0) is 71.3 Å². The lowest BCUT2D eigenvalue weighted by atomic mass is 9.98. The van der Waals surface area contributed by atoms with E-state index in [2.05, 4.69) is 22.6 Å². The highest BCUT2D eigenvalue weighted by Crippen LogP contribution is 2.25.